The smallest absolute Gasteiger partial charge is 0.387 e. The monoisotopic (exact) mass is 521 g/mol. The molecule has 0 radical (unpaired) electrons. The SMILES string of the molecule is CCNC(=NCc1cccc(OCC)c1OC(F)F)NCCS(C)(=O)=O.I. The van der Waals surface area contributed by atoms with E-state index in [1.165, 1.54) is 0 Å². The number of hydrogen-bond acceptors (Lipinski definition) is 5. The molecule has 1 aromatic rings. The summed E-state index contributed by atoms with van der Waals surface area (Å²) in [6.07, 6.45) is 1.14. The van der Waals surface area contributed by atoms with Crippen molar-refractivity contribution in [3.63, 3.8) is 0 Å². The van der Waals surface area contributed by atoms with Crippen LogP contribution in [0.3, 0.4) is 0 Å². The van der Waals surface area contributed by atoms with Crippen molar-refractivity contribution in [2.75, 3.05) is 31.7 Å². The number of guanidine groups is 1. The van der Waals surface area contributed by atoms with E-state index < -0.39 is 16.4 Å². The highest BCUT2D eigenvalue weighted by Gasteiger charge is 2.15. The second-order valence-corrected chi connectivity index (χ2v) is 7.57. The van der Waals surface area contributed by atoms with Gasteiger partial charge in [0.05, 0.1) is 18.9 Å². The molecule has 0 fully saturated rings. The molecule has 0 saturated heterocycles. The maximum atomic E-state index is 12.7. The number of hydrogen-bond donors (Lipinski definition) is 2. The first-order valence-corrected chi connectivity index (χ1v) is 10.2. The second kappa shape index (κ2) is 12.9. The zero-order chi connectivity index (χ0) is 19.6. The summed E-state index contributed by atoms with van der Waals surface area (Å²) in [5, 5.41) is 5.85. The molecule has 11 heteroatoms. The lowest BCUT2D eigenvalue weighted by molar-refractivity contribution is -0.0520. The Labute approximate surface area is 175 Å². The summed E-state index contributed by atoms with van der Waals surface area (Å²) in [5.41, 5.74) is 0.427. The van der Waals surface area contributed by atoms with Crippen molar-refractivity contribution in [2.45, 2.75) is 27.0 Å². The van der Waals surface area contributed by atoms with Gasteiger partial charge in [-0.2, -0.15) is 8.78 Å². The molecule has 2 N–H and O–H groups in total. The number of para-hydroxylation sites is 1. The molecule has 156 valence electrons. The molecular formula is C16H26F2IN3O4S. The van der Waals surface area contributed by atoms with Crippen molar-refractivity contribution in [2.24, 2.45) is 4.99 Å². The van der Waals surface area contributed by atoms with E-state index in [0.717, 1.165) is 6.26 Å². The highest BCUT2D eigenvalue weighted by molar-refractivity contribution is 14.0. The summed E-state index contributed by atoms with van der Waals surface area (Å²) in [7, 11) is -3.10. The van der Waals surface area contributed by atoms with Crippen LogP contribution < -0.4 is 20.1 Å². The van der Waals surface area contributed by atoms with Gasteiger partial charge >= 0.3 is 6.61 Å². The molecule has 27 heavy (non-hydrogen) atoms. The van der Waals surface area contributed by atoms with Crippen LogP contribution in [-0.4, -0.2) is 52.7 Å². The van der Waals surface area contributed by atoms with Gasteiger partial charge in [0.15, 0.2) is 17.5 Å². The third-order valence-electron chi connectivity index (χ3n) is 3.08. The van der Waals surface area contributed by atoms with Gasteiger partial charge in [-0.25, -0.2) is 13.4 Å². The van der Waals surface area contributed by atoms with Crippen LogP contribution in [0, 0.1) is 0 Å². The first-order chi connectivity index (χ1) is 12.3. The van der Waals surface area contributed by atoms with Gasteiger partial charge in [0.25, 0.3) is 0 Å². The predicted octanol–water partition coefficient (Wildman–Crippen LogP) is 2.40. The molecule has 0 aromatic heterocycles. The number of rotatable bonds is 10. The fraction of sp³-hybridized carbons (Fsp3) is 0.562. The van der Waals surface area contributed by atoms with Gasteiger partial charge in [-0.1, -0.05) is 12.1 Å². The summed E-state index contributed by atoms with van der Waals surface area (Å²) in [5.74, 6) is 0.494. The van der Waals surface area contributed by atoms with Crippen molar-refractivity contribution >= 4 is 39.8 Å². The van der Waals surface area contributed by atoms with Gasteiger partial charge in [0, 0.05) is 24.9 Å². The zero-order valence-corrected chi connectivity index (χ0v) is 18.6. The molecule has 0 spiro atoms. The minimum absolute atomic E-state index is 0. The molecule has 7 nitrogen and oxygen atoms in total. The molecule has 0 atom stereocenters. The Kier molecular flexibility index (Phi) is 12.3. The quantitative estimate of drug-likeness (QED) is 0.280. The molecule has 0 heterocycles. The number of ether oxygens (including phenoxy) is 2. The van der Waals surface area contributed by atoms with Gasteiger partial charge in [-0.3, -0.25) is 0 Å². The fourth-order valence-corrected chi connectivity index (χ4v) is 2.51. The van der Waals surface area contributed by atoms with Crippen molar-refractivity contribution in [1.82, 2.24) is 10.6 Å². The van der Waals surface area contributed by atoms with Gasteiger partial charge < -0.3 is 20.1 Å². The Morgan fingerprint density at radius 2 is 1.96 bits per heavy atom. The zero-order valence-electron chi connectivity index (χ0n) is 15.5. The van der Waals surface area contributed by atoms with Crippen LogP contribution in [0.25, 0.3) is 0 Å². The Bertz CT molecular complexity index is 703. The largest absolute Gasteiger partial charge is 0.490 e. The van der Waals surface area contributed by atoms with Gasteiger partial charge in [0.2, 0.25) is 0 Å². The molecule has 0 aliphatic heterocycles. The Hall–Kier alpha value is -1.37. The average Bonchev–Trinajstić information content (AvgIpc) is 2.53. The van der Waals surface area contributed by atoms with E-state index in [1.807, 2.05) is 6.92 Å². The van der Waals surface area contributed by atoms with E-state index in [1.54, 1.807) is 25.1 Å². The molecule has 1 aromatic carbocycles. The third-order valence-corrected chi connectivity index (χ3v) is 4.03. The Morgan fingerprint density at radius 1 is 1.26 bits per heavy atom. The van der Waals surface area contributed by atoms with Crippen LogP contribution in [0.15, 0.2) is 23.2 Å². The average molecular weight is 521 g/mol. The van der Waals surface area contributed by atoms with E-state index in [4.69, 9.17) is 4.74 Å². The second-order valence-electron chi connectivity index (χ2n) is 5.31. The minimum atomic E-state index is -3.10. The van der Waals surface area contributed by atoms with E-state index in [-0.39, 0.29) is 54.3 Å². The van der Waals surface area contributed by atoms with E-state index in [0.29, 0.717) is 24.7 Å². The Morgan fingerprint density at radius 3 is 2.52 bits per heavy atom. The first-order valence-electron chi connectivity index (χ1n) is 8.16. The van der Waals surface area contributed by atoms with Gasteiger partial charge in [-0.15, -0.1) is 24.0 Å². The minimum Gasteiger partial charge on any atom is -0.490 e. The van der Waals surface area contributed by atoms with Crippen LogP contribution in [0.5, 0.6) is 11.5 Å². The molecular weight excluding hydrogens is 495 g/mol. The first kappa shape index (κ1) is 25.6. The number of aliphatic imine (C=N–C) groups is 1. The molecule has 0 amide bonds. The van der Waals surface area contributed by atoms with Crippen molar-refractivity contribution in [3.8, 4) is 11.5 Å². The van der Waals surface area contributed by atoms with E-state index in [2.05, 4.69) is 20.4 Å². The highest BCUT2D eigenvalue weighted by atomic mass is 127. The lowest BCUT2D eigenvalue weighted by atomic mass is 10.2. The maximum absolute atomic E-state index is 12.7. The van der Waals surface area contributed by atoms with Gasteiger partial charge in [0.1, 0.15) is 9.84 Å². The van der Waals surface area contributed by atoms with Crippen LogP contribution in [0.4, 0.5) is 8.78 Å². The molecule has 0 unspecified atom stereocenters. The van der Waals surface area contributed by atoms with Crippen LogP contribution in [-0.2, 0) is 16.4 Å². The summed E-state index contributed by atoms with van der Waals surface area (Å²) in [6.45, 7) is 1.72. The topological polar surface area (TPSA) is 89.0 Å². The summed E-state index contributed by atoms with van der Waals surface area (Å²) >= 11 is 0. The Balaban J connectivity index is 0.00000676. The summed E-state index contributed by atoms with van der Waals surface area (Å²) in [6, 6.07) is 4.83. The summed E-state index contributed by atoms with van der Waals surface area (Å²) in [4.78, 5) is 4.29. The third kappa shape index (κ3) is 10.5. The number of sulfone groups is 1. The number of benzene rings is 1. The number of nitrogens with one attached hydrogen (secondary N) is 2. The molecule has 0 saturated carbocycles. The van der Waals surface area contributed by atoms with E-state index in [9.17, 15) is 17.2 Å². The maximum Gasteiger partial charge on any atom is 0.387 e. The van der Waals surface area contributed by atoms with Crippen LogP contribution in [0.2, 0.25) is 0 Å². The lowest BCUT2D eigenvalue weighted by Gasteiger charge is -2.15. The normalized spacial score (nSPS) is 11.7. The van der Waals surface area contributed by atoms with Gasteiger partial charge in [-0.05, 0) is 19.9 Å². The fourth-order valence-electron chi connectivity index (χ4n) is 2.04. The number of halogens is 3. The molecule has 0 aliphatic carbocycles. The highest BCUT2D eigenvalue weighted by Crippen LogP contribution is 2.33. The van der Waals surface area contributed by atoms with Crippen molar-refractivity contribution < 1.29 is 26.7 Å². The summed E-state index contributed by atoms with van der Waals surface area (Å²) < 4.78 is 57.8. The molecule has 1 rings (SSSR count). The van der Waals surface area contributed by atoms with Crippen molar-refractivity contribution in [1.29, 1.82) is 0 Å². The molecule has 0 aliphatic rings. The standard InChI is InChI=1S/C16H25F2N3O4S.HI/c1-4-19-16(20-9-10-26(3,22)23)21-11-12-7-6-8-13(24-5-2)14(12)25-15(17)18;/h6-8,15H,4-5,9-11H2,1-3H3,(H2,19,20,21);1H. The van der Waals surface area contributed by atoms with Crippen LogP contribution >= 0.6 is 24.0 Å². The lowest BCUT2D eigenvalue weighted by Crippen LogP contribution is -2.39. The molecule has 0 bridgehead atoms. The predicted molar refractivity (Wildman–Crippen MR) is 112 cm³/mol. The van der Waals surface area contributed by atoms with E-state index >= 15 is 0 Å². The number of alkyl halides is 2. The number of nitrogens with zero attached hydrogens (tertiary/aromatic N) is 1. The van der Waals surface area contributed by atoms with Crippen molar-refractivity contribution in [3.05, 3.63) is 23.8 Å². The van der Waals surface area contributed by atoms with Crippen LogP contribution in [0.1, 0.15) is 19.4 Å².